The second-order valence-corrected chi connectivity index (χ2v) is 5.96. The van der Waals surface area contributed by atoms with Gasteiger partial charge in [0.15, 0.2) is 5.96 Å². The molecule has 2 rings (SSSR count). The van der Waals surface area contributed by atoms with Gasteiger partial charge in [-0.3, -0.25) is 0 Å². The summed E-state index contributed by atoms with van der Waals surface area (Å²) in [5.41, 5.74) is 2.34. The van der Waals surface area contributed by atoms with Crippen LogP contribution in [0.4, 0.5) is 0 Å². The van der Waals surface area contributed by atoms with Crippen LogP contribution >= 0.6 is 0 Å². The molecule has 130 valence electrons. The van der Waals surface area contributed by atoms with Crippen molar-refractivity contribution < 1.29 is 4.74 Å². The summed E-state index contributed by atoms with van der Waals surface area (Å²) in [6.45, 7) is 8.35. The predicted octanol–water partition coefficient (Wildman–Crippen LogP) is 2.86. The Balaban J connectivity index is 1.87. The number of para-hydroxylation sites is 1. The smallest absolute Gasteiger partial charge is 0.191 e. The van der Waals surface area contributed by atoms with Crippen molar-refractivity contribution in [2.24, 2.45) is 12.0 Å². The van der Waals surface area contributed by atoms with Gasteiger partial charge in [0.05, 0.1) is 13.1 Å². The number of hydrogen-bond donors (Lipinski definition) is 2. The number of aryl methyl sites for hydroxylation is 2. The molecule has 0 amide bonds. The first-order valence-corrected chi connectivity index (χ1v) is 8.43. The lowest BCUT2D eigenvalue weighted by atomic mass is 10.2. The summed E-state index contributed by atoms with van der Waals surface area (Å²) in [5, 5.41) is 6.61. The Morgan fingerprint density at radius 3 is 2.71 bits per heavy atom. The average molecular weight is 328 g/mol. The van der Waals surface area contributed by atoms with Gasteiger partial charge in [0.1, 0.15) is 11.9 Å². The molecule has 0 saturated carbocycles. The second-order valence-electron chi connectivity index (χ2n) is 5.96. The number of nitrogens with zero attached hydrogens (tertiary/aromatic N) is 2. The highest BCUT2D eigenvalue weighted by Gasteiger charge is 2.07. The number of aliphatic imine (C=N–C) groups is 1. The fourth-order valence-electron chi connectivity index (χ4n) is 2.35. The molecule has 0 spiro atoms. The highest BCUT2D eigenvalue weighted by atomic mass is 16.5. The maximum Gasteiger partial charge on any atom is 0.191 e. The Morgan fingerprint density at radius 1 is 1.25 bits per heavy atom. The third-order valence-corrected chi connectivity index (χ3v) is 3.64. The molecule has 0 saturated heterocycles. The minimum absolute atomic E-state index is 0.0479. The largest absolute Gasteiger partial charge is 0.489 e. The van der Waals surface area contributed by atoms with E-state index >= 15 is 0 Å². The zero-order chi connectivity index (χ0) is 17.4. The predicted molar refractivity (Wildman–Crippen MR) is 99.5 cm³/mol. The molecule has 0 aliphatic carbocycles. The van der Waals surface area contributed by atoms with E-state index in [4.69, 9.17) is 4.74 Å². The van der Waals surface area contributed by atoms with Crippen molar-refractivity contribution in [3.05, 3.63) is 53.9 Å². The van der Waals surface area contributed by atoms with Crippen LogP contribution in [-0.2, 0) is 13.6 Å². The summed E-state index contributed by atoms with van der Waals surface area (Å²) in [4.78, 5) is 4.62. The zero-order valence-corrected chi connectivity index (χ0v) is 15.0. The SMILES string of the molecule is CCNC(=NCc1ccn(C)c1)NCC(C)Oc1ccccc1C. The molecule has 0 fully saturated rings. The van der Waals surface area contributed by atoms with Crippen molar-refractivity contribution in [1.29, 1.82) is 0 Å². The van der Waals surface area contributed by atoms with Crippen LogP contribution in [0.3, 0.4) is 0 Å². The number of hydrogen-bond acceptors (Lipinski definition) is 2. The van der Waals surface area contributed by atoms with Gasteiger partial charge in [-0.15, -0.1) is 0 Å². The summed E-state index contributed by atoms with van der Waals surface area (Å²) in [6, 6.07) is 10.1. The molecule has 1 aromatic heterocycles. The van der Waals surface area contributed by atoms with Crippen molar-refractivity contribution in [3.8, 4) is 5.75 Å². The van der Waals surface area contributed by atoms with Crippen LogP contribution in [0.2, 0.25) is 0 Å². The fourth-order valence-corrected chi connectivity index (χ4v) is 2.35. The lowest BCUT2D eigenvalue weighted by Crippen LogP contribution is -2.41. The molecule has 24 heavy (non-hydrogen) atoms. The van der Waals surface area contributed by atoms with E-state index in [-0.39, 0.29) is 6.10 Å². The van der Waals surface area contributed by atoms with Crippen molar-refractivity contribution in [3.63, 3.8) is 0 Å². The van der Waals surface area contributed by atoms with Crippen LogP contribution in [-0.4, -0.2) is 29.7 Å². The molecule has 1 atom stereocenters. The monoisotopic (exact) mass is 328 g/mol. The lowest BCUT2D eigenvalue weighted by molar-refractivity contribution is 0.222. The molecule has 1 unspecified atom stereocenters. The molecule has 2 aromatic rings. The van der Waals surface area contributed by atoms with E-state index in [2.05, 4.69) is 54.7 Å². The number of benzene rings is 1. The number of nitrogens with one attached hydrogen (secondary N) is 2. The standard InChI is InChI=1S/C19H28N4O/c1-5-20-19(22-13-17-10-11-23(4)14-17)21-12-16(3)24-18-9-7-6-8-15(18)2/h6-11,14,16H,5,12-13H2,1-4H3,(H2,20,21,22). The van der Waals surface area contributed by atoms with Gasteiger partial charge in [-0.05, 0) is 44.0 Å². The molecule has 2 N–H and O–H groups in total. The highest BCUT2D eigenvalue weighted by Crippen LogP contribution is 2.17. The Hall–Kier alpha value is -2.43. The summed E-state index contributed by atoms with van der Waals surface area (Å²) < 4.78 is 8.02. The van der Waals surface area contributed by atoms with Crippen molar-refractivity contribution in [2.45, 2.75) is 33.4 Å². The number of guanidine groups is 1. The van der Waals surface area contributed by atoms with Gasteiger partial charge in [0.2, 0.25) is 0 Å². The van der Waals surface area contributed by atoms with Crippen LogP contribution in [0.15, 0.2) is 47.7 Å². The second kappa shape index (κ2) is 9.01. The van der Waals surface area contributed by atoms with Gasteiger partial charge < -0.3 is 19.9 Å². The summed E-state index contributed by atoms with van der Waals surface area (Å²) in [6.07, 6.45) is 4.16. The molecule has 0 bridgehead atoms. The summed E-state index contributed by atoms with van der Waals surface area (Å²) >= 11 is 0. The minimum atomic E-state index is 0.0479. The molecule has 1 heterocycles. The van der Waals surface area contributed by atoms with E-state index in [0.29, 0.717) is 13.1 Å². The van der Waals surface area contributed by atoms with E-state index in [9.17, 15) is 0 Å². The molecular weight excluding hydrogens is 300 g/mol. The van der Waals surface area contributed by atoms with Crippen LogP contribution in [0.5, 0.6) is 5.75 Å². The topological polar surface area (TPSA) is 50.6 Å². The van der Waals surface area contributed by atoms with Crippen LogP contribution in [0, 0.1) is 6.92 Å². The molecule has 0 aliphatic rings. The normalized spacial score (nSPS) is 12.8. The van der Waals surface area contributed by atoms with Crippen molar-refractivity contribution in [1.82, 2.24) is 15.2 Å². The Kier molecular flexibility index (Phi) is 6.73. The van der Waals surface area contributed by atoms with Crippen molar-refractivity contribution >= 4 is 5.96 Å². The zero-order valence-electron chi connectivity index (χ0n) is 15.0. The Bertz CT molecular complexity index is 663. The first-order chi connectivity index (χ1) is 11.6. The van der Waals surface area contributed by atoms with Gasteiger partial charge in [-0.2, -0.15) is 0 Å². The summed E-state index contributed by atoms with van der Waals surface area (Å²) in [7, 11) is 2.02. The third-order valence-electron chi connectivity index (χ3n) is 3.64. The fraction of sp³-hybridized carbons (Fsp3) is 0.421. The number of rotatable bonds is 7. The maximum absolute atomic E-state index is 5.99. The molecule has 5 heteroatoms. The molecule has 0 radical (unpaired) electrons. The Labute approximate surface area is 144 Å². The van der Waals surface area contributed by atoms with E-state index in [1.54, 1.807) is 0 Å². The van der Waals surface area contributed by atoms with Crippen LogP contribution in [0.25, 0.3) is 0 Å². The van der Waals surface area contributed by atoms with E-state index in [1.807, 2.05) is 36.0 Å². The first-order valence-electron chi connectivity index (χ1n) is 8.43. The molecular formula is C19H28N4O. The van der Waals surface area contributed by atoms with Crippen LogP contribution in [0.1, 0.15) is 25.0 Å². The van der Waals surface area contributed by atoms with E-state index < -0.39 is 0 Å². The lowest BCUT2D eigenvalue weighted by Gasteiger charge is -2.18. The highest BCUT2D eigenvalue weighted by molar-refractivity contribution is 5.79. The maximum atomic E-state index is 5.99. The minimum Gasteiger partial charge on any atom is -0.489 e. The van der Waals surface area contributed by atoms with Crippen LogP contribution < -0.4 is 15.4 Å². The molecule has 0 aliphatic heterocycles. The van der Waals surface area contributed by atoms with E-state index in [0.717, 1.165) is 23.8 Å². The number of aromatic nitrogens is 1. The number of ether oxygens (including phenoxy) is 1. The third kappa shape index (κ3) is 5.65. The average Bonchev–Trinajstić information content (AvgIpc) is 2.98. The van der Waals surface area contributed by atoms with Gasteiger partial charge in [0.25, 0.3) is 0 Å². The van der Waals surface area contributed by atoms with Gasteiger partial charge in [-0.25, -0.2) is 4.99 Å². The van der Waals surface area contributed by atoms with E-state index in [1.165, 1.54) is 5.56 Å². The van der Waals surface area contributed by atoms with Gasteiger partial charge >= 0.3 is 0 Å². The Morgan fingerprint density at radius 2 is 2.04 bits per heavy atom. The molecule has 1 aromatic carbocycles. The first kappa shape index (κ1) is 17.9. The quantitative estimate of drug-likeness (QED) is 0.607. The molecule has 5 nitrogen and oxygen atoms in total. The summed E-state index contributed by atoms with van der Waals surface area (Å²) in [5.74, 6) is 1.74. The van der Waals surface area contributed by atoms with Gasteiger partial charge in [0, 0.05) is 26.0 Å². The van der Waals surface area contributed by atoms with Crippen molar-refractivity contribution in [2.75, 3.05) is 13.1 Å². The van der Waals surface area contributed by atoms with Gasteiger partial charge in [-0.1, -0.05) is 18.2 Å².